The highest BCUT2D eigenvalue weighted by Crippen LogP contribution is 2.43. The van der Waals surface area contributed by atoms with Crippen LogP contribution in [0.1, 0.15) is 95.5 Å². The highest BCUT2D eigenvalue weighted by molar-refractivity contribution is 5.96. The van der Waals surface area contributed by atoms with Crippen LogP contribution in [0.2, 0.25) is 0 Å². The highest BCUT2D eigenvalue weighted by atomic mass is 19.4. The maximum absolute atomic E-state index is 15.0. The largest absolute Gasteiger partial charge is 0.464 e. The lowest BCUT2D eigenvalue weighted by Crippen LogP contribution is -2.63. The Labute approximate surface area is 435 Å². The van der Waals surface area contributed by atoms with Crippen molar-refractivity contribution < 1.29 is 51.0 Å². The van der Waals surface area contributed by atoms with E-state index in [0.717, 1.165) is 0 Å². The van der Waals surface area contributed by atoms with Gasteiger partial charge in [0, 0.05) is 67.7 Å². The average molecular weight is 1040 g/mol. The minimum atomic E-state index is -4.61. The lowest BCUT2D eigenvalue weighted by molar-refractivity contribution is -0.155. The standard InChI is InChI=1S/C56H70F4N8O7/c1-9-46(69)66-22-23-75-55(31-66)16-20-65(21-17-55)53(73)64(8)48(35(4)5)50(70)62-44-27-36-24-37(30-57)26-39(25-36)38-14-15-45-41(28-38)42(29-54(6,7)33-74-52(72)43-13-11-19-68(63-43)51(44)71)49(67(45)32-56(58,59)60)40-12-10-18-61-47(40)34(2)3/h9-10,12,14-15,18,24-26,28,34-35,43-44,48,63H,1,11,13,16-17,19-23,27,29-33H2,2-8H3,(H,62,70)/t43?,44-,48-/m0/s1. The number of piperidine rings is 1. The third-order valence-corrected chi connectivity index (χ3v) is 15.0. The quantitative estimate of drug-likeness (QED) is 0.0960. The molecule has 0 aliphatic carbocycles. The number of aromatic nitrogens is 2. The molecule has 19 heteroatoms. The number of likely N-dealkylation sites (tertiary alicyclic amines) is 1. The molecule has 2 aromatic carbocycles. The van der Waals surface area contributed by atoms with E-state index in [1.165, 1.54) is 20.6 Å². The van der Waals surface area contributed by atoms with Crippen molar-refractivity contribution in [3.05, 3.63) is 89.8 Å². The molecule has 1 spiro atoms. The Morgan fingerprint density at radius 2 is 1.75 bits per heavy atom. The highest BCUT2D eigenvalue weighted by Gasteiger charge is 2.44. The van der Waals surface area contributed by atoms with Gasteiger partial charge in [-0.15, -0.1) is 0 Å². The molecule has 5 amide bonds. The number of cyclic esters (lactones) is 1. The SMILES string of the molecule is C=CC(=O)N1CCOC2(CCN(C(=O)N(C)[C@H](C(=O)N[C@H]3Cc4cc(CF)cc(c4)-c4ccc5c(c4)c(c(-c4cccnc4C(C)C)n5CC(F)(F)F)CC(C)(C)COC(=O)C4CCCN(N4)C3=O)C(C)C)CC2)C1. The molecule has 3 fully saturated rings. The lowest BCUT2D eigenvalue weighted by Gasteiger charge is -2.47. The monoisotopic (exact) mass is 1040 g/mol. The number of nitrogens with zero attached hydrogens (tertiary/aromatic N) is 6. The fourth-order valence-electron chi connectivity index (χ4n) is 11.4. The van der Waals surface area contributed by atoms with Crippen LogP contribution in [0.4, 0.5) is 22.4 Å². The van der Waals surface area contributed by atoms with Crippen molar-refractivity contribution >= 4 is 40.6 Å². The van der Waals surface area contributed by atoms with Gasteiger partial charge in [0.05, 0.1) is 36.7 Å². The van der Waals surface area contributed by atoms with E-state index in [1.54, 1.807) is 79.4 Å². The summed E-state index contributed by atoms with van der Waals surface area (Å²) in [5.74, 6) is -2.55. The molecule has 75 heavy (non-hydrogen) atoms. The number of carbonyl (C=O) groups is 5. The van der Waals surface area contributed by atoms with Crippen LogP contribution < -0.4 is 10.7 Å². The summed E-state index contributed by atoms with van der Waals surface area (Å²) < 4.78 is 72.8. The third kappa shape index (κ3) is 12.0. The van der Waals surface area contributed by atoms with Gasteiger partial charge in [0.1, 0.15) is 31.3 Å². The summed E-state index contributed by atoms with van der Waals surface area (Å²) in [5.41, 5.74) is 5.92. The molecule has 1 unspecified atom stereocenters. The Morgan fingerprint density at radius 3 is 2.43 bits per heavy atom. The second kappa shape index (κ2) is 22.1. The van der Waals surface area contributed by atoms with Gasteiger partial charge in [0.25, 0.3) is 5.91 Å². The molecule has 6 heterocycles. The molecule has 4 aliphatic rings. The van der Waals surface area contributed by atoms with Crippen molar-refractivity contribution in [2.45, 2.75) is 129 Å². The molecular formula is C56H70F4N8O7. The van der Waals surface area contributed by atoms with Crippen LogP contribution in [0.25, 0.3) is 33.3 Å². The Bertz CT molecular complexity index is 2820. The van der Waals surface area contributed by atoms with Crippen molar-refractivity contribution in [2.24, 2.45) is 11.3 Å². The number of amides is 5. The third-order valence-electron chi connectivity index (χ3n) is 15.0. The first-order chi connectivity index (χ1) is 35.5. The van der Waals surface area contributed by atoms with E-state index in [0.29, 0.717) is 109 Å². The molecule has 6 bridgehead atoms. The Kier molecular flexibility index (Phi) is 16.2. The van der Waals surface area contributed by atoms with Crippen LogP contribution in [0.5, 0.6) is 0 Å². The van der Waals surface area contributed by atoms with Gasteiger partial charge < -0.3 is 34.1 Å². The number of morpholine rings is 1. The van der Waals surface area contributed by atoms with Gasteiger partial charge in [-0.1, -0.05) is 66.3 Å². The second-order valence-electron chi connectivity index (χ2n) is 22.1. The number of hydrogen-bond donors (Lipinski definition) is 2. The predicted octanol–water partition coefficient (Wildman–Crippen LogP) is 8.13. The van der Waals surface area contributed by atoms with E-state index in [-0.39, 0.29) is 43.4 Å². The van der Waals surface area contributed by atoms with E-state index in [2.05, 4.69) is 22.3 Å². The van der Waals surface area contributed by atoms with Crippen LogP contribution in [-0.4, -0.2) is 142 Å². The molecule has 2 aromatic heterocycles. The molecule has 15 nitrogen and oxygen atoms in total. The smallest absolute Gasteiger partial charge is 0.406 e. The zero-order valence-electron chi connectivity index (χ0n) is 44.0. The van der Waals surface area contributed by atoms with Gasteiger partial charge in [0.2, 0.25) is 11.8 Å². The van der Waals surface area contributed by atoms with Crippen molar-refractivity contribution in [3.8, 4) is 22.4 Å². The van der Waals surface area contributed by atoms with E-state index < -0.39 is 78.3 Å². The first-order valence-electron chi connectivity index (χ1n) is 26.0. The summed E-state index contributed by atoms with van der Waals surface area (Å²) in [6.45, 7) is 14.6. The number of nitrogens with one attached hydrogen (secondary N) is 2. The average Bonchev–Trinajstić information content (AvgIpc) is 3.66. The van der Waals surface area contributed by atoms with Gasteiger partial charge in [-0.3, -0.25) is 29.2 Å². The molecule has 2 N–H and O–H groups in total. The summed E-state index contributed by atoms with van der Waals surface area (Å²) in [6, 6.07) is 10.0. The number of ether oxygens (including phenoxy) is 2. The van der Waals surface area contributed by atoms with Crippen LogP contribution in [-0.2, 0) is 54.7 Å². The molecule has 3 atom stereocenters. The first-order valence-corrected chi connectivity index (χ1v) is 26.0. The number of likely N-dealkylation sites (N-methyl/N-ethyl adjacent to an activating group) is 1. The van der Waals surface area contributed by atoms with Gasteiger partial charge in [-0.05, 0) is 108 Å². The predicted molar refractivity (Wildman–Crippen MR) is 276 cm³/mol. The summed E-state index contributed by atoms with van der Waals surface area (Å²) in [4.78, 5) is 79.7. The number of fused-ring (bicyclic) bond motifs is 6. The van der Waals surface area contributed by atoms with Crippen LogP contribution in [0.3, 0.4) is 0 Å². The number of urea groups is 1. The van der Waals surface area contributed by atoms with Gasteiger partial charge >= 0.3 is 18.2 Å². The number of esters is 1. The molecule has 4 aromatic rings. The van der Waals surface area contributed by atoms with E-state index in [4.69, 9.17) is 9.47 Å². The zero-order valence-corrected chi connectivity index (χ0v) is 44.0. The molecule has 8 rings (SSSR count). The summed E-state index contributed by atoms with van der Waals surface area (Å²) in [6.07, 6.45) is 0.0441. The Hall–Kier alpha value is -6.34. The van der Waals surface area contributed by atoms with Gasteiger partial charge in [-0.25, -0.2) is 14.6 Å². The summed E-state index contributed by atoms with van der Waals surface area (Å²) >= 11 is 0. The molecule has 0 radical (unpaired) electrons. The molecular weight excluding hydrogens is 973 g/mol. The van der Waals surface area contributed by atoms with Crippen LogP contribution in [0, 0.1) is 11.3 Å². The van der Waals surface area contributed by atoms with Crippen LogP contribution in [0.15, 0.2) is 67.4 Å². The fraction of sp³-hybridized carbons (Fsp3) is 0.536. The zero-order chi connectivity index (χ0) is 54.1. The molecule has 4 aliphatic heterocycles. The van der Waals surface area contributed by atoms with Gasteiger partial charge in [-0.2, -0.15) is 13.2 Å². The fourth-order valence-corrected chi connectivity index (χ4v) is 11.4. The second-order valence-corrected chi connectivity index (χ2v) is 22.1. The number of pyridine rings is 1. The van der Waals surface area contributed by atoms with Crippen LogP contribution >= 0.6 is 0 Å². The van der Waals surface area contributed by atoms with E-state index in [9.17, 15) is 37.1 Å². The minimum Gasteiger partial charge on any atom is -0.464 e. The first kappa shape index (κ1) is 54.9. The Morgan fingerprint density at radius 1 is 1.00 bits per heavy atom. The van der Waals surface area contributed by atoms with E-state index >= 15 is 4.39 Å². The van der Waals surface area contributed by atoms with Gasteiger partial charge in [0.15, 0.2) is 0 Å². The molecule has 0 saturated carbocycles. The van der Waals surface area contributed by atoms with E-state index in [1.807, 2.05) is 33.8 Å². The summed E-state index contributed by atoms with van der Waals surface area (Å²) in [5, 5.41) is 4.80. The number of halogens is 4. The topological polar surface area (TPSA) is 159 Å². The minimum absolute atomic E-state index is 0.113. The summed E-state index contributed by atoms with van der Waals surface area (Å²) in [7, 11) is 1.55. The lowest BCUT2D eigenvalue weighted by atomic mass is 9.83. The van der Waals surface area contributed by atoms with Crippen molar-refractivity contribution in [1.29, 1.82) is 0 Å². The number of benzene rings is 2. The Balaban J connectivity index is 1.17. The van der Waals surface area contributed by atoms with Crippen molar-refractivity contribution in [3.63, 3.8) is 0 Å². The number of hydrazine groups is 1. The number of alkyl halides is 4. The molecule has 3 saturated heterocycles. The maximum Gasteiger partial charge on any atom is 0.406 e. The number of rotatable bonds is 9. The number of hydrogen-bond acceptors (Lipinski definition) is 9. The van der Waals surface area contributed by atoms with Crippen molar-refractivity contribution in [2.75, 3.05) is 53.0 Å². The number of carbonyl (C=O) groups excluding carboxylic acids is 5. The normalized spacial score (nSPS) is 20.7. The maximum atomic E-state index is 15.0. The van der Waals surface area contributed by atoms with Crippen molar-refractivity contribution in [1.82, 2.24) is 40.0 Å². The molecule has 404 valence electrons.